The number of rotatable bonds is 12. The second-order valence-corrected chi connectivity index (χ2v) is 8.81. The number of nitrogens with two attached hydrogens (primary N) is 1. The van der Waals surface area contributed by atoms with Crippen molar-refractivity contribution < 1.29 is 14.3 Å². The first-order valence-corrected chi connectivity index (χ1v) is 11.4. The molecule has 4 nitrogen and oxygen atoms in total. The van der Waals surface area contributed by atoms with Crippen LogP contribution in [-0.2, 0) is 14.3 Å². The molecule has 0 aromatic heterocycles. The Hall–Kier alpha value is -0.870. The Morgan fingerprint density at radius 2 is 1.74 bits per heavy atom. The topological polar surface area (TPSA) is 61.6 Å². The van der Waals surface area contributed by atoms with Crippen LogP contribution in [0.25, 0.3) is 0 Å². The van der Waals surface area contributed by atoms with Gasteiger partial charge in [-0.25, -0.2) is 0 Å². The van der Waals surface area contributed by atoms with Gasteiger partial charge in [0.05, 0.1) is 18.3 Å². The van der Waals surface area contributed by atoms with Crippen LogP contribution in [0.5, 0.6) is 0 Å². The van der Waals surface area contributed by atoms with Gasteiger partial charge in [0.25, 0.3) is 0 Å². The molecule has 0 aromatic rings. The zero-order chi connectivity index (χ0) is 18.9. The Morgan fingerprint density at radius 3 is 2.52 bits per heavy atom. The second kappa shape index (κ2) is 11.2. The largest absolute Gasteiger partial charge is 0.378 e. The van der Waals surface area contributed by atoms with E-state index >= 15 is 0 Å². The molecular weight excluding hydrogens is 338 g/mol. The molecule has 0 unspecified atom stereocenters. The molecule has 4 heteroatoms. The molecule has 2 heterocycles. The highest BCUT2D eigenvalue weighted by molar-refractivity contribution is 5.73. The summed E-state index contributed by atoms with van der Waals surface area (Å²) in [5, 5.41) is 0. The third-order valence-electron chi connectivity index (χ3n) is 6.80. The predicted molar refractivity (Wildman–Crippen MR) is 108 cm³/mol. The summed E-state index contributed by atoms with van der Waals surface area (Å²) in [5.74, 6) is 1.22. The van der Waals surface area contributed by atoms with Gasteiger partial charge < -0.3 is 15.2 Å². The number of hydrogen-bond donors (Lipinski definition) is 1. The van der Waals surface area contributed by atoms with Crippen molar-refractivity contribution in [1.82, 2.24) is 0 Å². The molecule has 154 valence electrons. The molecule has 2 saturated heterocycles. The minimum absolute atomic E-state index is 0.197. The molecule has 3 aliphatic rings. The first kappa shape index (κ1) is 20.9. The second-order valence-electron chi connectivity index (χ2n) is 8.81. The number of fused-ring (bicyclic) bond motifs is 2. The van der Waals surface area contributed by atoms with Crippen LogP contribution in [0.4, 0.5) is 0 Å². The van der Waals surface area contributed by atoms with Crippen molar-refractivity contribution in [3.63, 3.8) is 0 Å². The summed E-state index contributed by atoms with van der Waals surface area (Å²) in [7, 11) is 0. The maximum Gasteiger partial charge on any atom is 0.217 e. The number of primary amides is 1. The van der Waals surface area contributed by atoms with E-state index in [-0.39, 0.29) is 5.91 Å². The maximum absolute atomic E-state index is 10.8. The molecule has 4 atom stereocenters. The number of amides is 1. The Bertz CT molecular complexity index is 472. The van der Waals surface area contributed by atoms with E-state index in [1.807, 2.05) is 0 Å². The van der Waals surface area contributed by atoms with Crippen LogP contribution in [0, 0.1) is 11.8 Å². The van der Waals surface area contributed by atoms with Gasteiger partial charge in [-0.3, -0.25) is 4.79 Å². The van der Waals surface area contributed by atoms with Crippen molar-refractivity contribution in [2.24, 2.45) is 17.6 Å². The predicted octanol–water partition coefficient (Wildman–Crippen LogP) is 4.90. The van der Waals surface area contributed by atoms with Crippen LogP contribution in [0.3, 0.4) is 0 Å². The Kier molecular flexibility index (Phi) is 8.66. The van der Waals surface area contributed by atoms with E-state index in [1.54, 1.807) is 0 Å². The van der Waals surface area contributed by atoms with Gasteiger partial charge >= 0.3 is 0 Å². The molecule has 0 aromatic carbocycles. The molecular formula is C23H39NO3. The lowest BCUT2D eigenvalue weighted by atomic mass is 9.75. The van der Waals surface area contributed by atoms with Crippen LogP contribution >= 0.6 is 0 Å². The summed E-state index contributed by atoms with van der Waals surface area (Å²) in [4.78, 5) is 10.8. The summed E-state index contributed by atoms with van der Waals surface area (Å²) in [6.07, 6.45) is 22.4. The molecule has 3 fully saturated rings. The van der Waals surface area contributed by atoms with Crippen molar-refractivity contribution >= 4 is 5.91 Å². The Balaban J connectivity index is 1.31. The normalized spacial score (nSPS) is 31.1. The minimum Gasteiger partial charge on any atom is -0.378 e. The van der Waals surface area contributed by atoms with E-state index in [1.165, 1.54) is 64.2 Å². The minimum atomic E-state index is -0.197. The van der Waals surface area contributed by atoms with Gasteiger partial charge in [-0.1, -0.05) is 37.8 Å². The number of ether oxygens (including phenoxy) is 2. The van der Waals surface area contributed by atoms with Crippen LogP contribution in [-0.4, -0.2) is 30.8 Å². The molecule has 2 aliphatic heterocycles. The number of allylic oxidation sites excluding steroid dienone is 2. The zero-order valence-corrected chi connectivity index (χ0v) is 17.0. The lowest BCUT2D eigenvalue weighted by molar-refractivity contribution is -0.118. The van der Waals surface area contributed by atoms with Crippen molar-refractivity contribution in [3.05, 3.63) is 12.2 Å². The summed E-state index contributed by atoms with van der Waals surface area (Å²) >= 11 is 0. The standard InChI is InChI=1S/C23H39NO3/c24-23(25)14-7-2-1-6-12-19-20(22-16-15-21(19)27-22)13-8-9-17-26-18-10-4-3-5-11-18/h1,6,18-22H,2-5,7-17H2,(H2,24,25)/t19-,20+,21-,22+/m0/s1. The number of hydrogen-bond acceptors (Lipinski definition) is 3. The Labute approximate surface area is 165 Å². The smallest absolute Gasteiger partial charge is 0.217 e. The molecule has 0 radical (unpaired) electrons. The third-order valence-corrected chi connectivity index (χ3v) is 6.80. The SMILES string of the molecule is NC(=O)CCCC=CC[C@H]1[C@@H](CCCCOC2CCCCC2)[C@H]2CC[C@@H]1O2. The van der Waals surface area contributed by atoms with Gasteiger partial charge in [0.15, 0.2) is 0 Å². The van der Waals surface area contributed by atoms with E-state index in [2.05, 4.69) is 12.2 Å². The molecule has 2 N–H and O–H groups in total. The van der Waals surface area contributed by atoms with Crippen molar-refractivity contribution in [3.8, 4) is 0 Å². The molecule has 3 rings (SSSR count). The highest BCUT2D eigenvalue weighted by atomic mass is 16.5. The number of carbonyl (C=O) groups excluding carboxylic acids is 1. The van der Waals surface area contributed by atoms with Gasteiger partial charge in [-0.15, -0.1) is 0 Å². The fraction of sp³-hybridized carbons (Fsp3) is 0.870. The molecule has 1 saturated carbocycles. The summed E-state index contributed by atoms with van der Waals surface area (Å²) in [6.45, 7) is 0.941. The molecule has 2 bridgehead atoms. The van der Waals surface area contributed by atoms with Crippen molar-refractivity contribution in [1.29, 1.82) is 0 Å². The quantitative estimate of drug-likeness (QED) is 0.388. The van der Waals surface area contributed by atoms with Crippen LogP contribution in [0.15, 0.2) is 12.2 Å². The fourth-order valence-electron chi connectivity index (χ4n) is 5.33. The average molecular weight is 378 g/mol. The zero-order valence-electron chi connectivity index (χ0n) is 17.0. The van der Waals surface area contributed by atoms with E-state index < -0.39 is 0 Å². The van der Waals surface area contributed by atoms with E-state index in [9.17, 15) is 4.79 Å². The highest BCUT2D eigenvalue weighted by Crippen LogP contribution is 2.47. The van der Waals surface area contributed by atoms with E-state index in [0.29, 0.717) is 30.7 Å². The van der Waals surface area contributed by atoms with Gasteiger partial charge in [-0.2, -0.15) is 0 Å². The van der Waals surface area contributed by atoms with E-state index in [4.69, 9.17) is 15.2 Å². The summed E-state index contributed by atoms with van der Waals surface area (Å²) < 4.78 is 12.3. The van der Waals surface area contributed by atoms with Gasteiger partial charge in [0.1, 0.15) is 0 Å². The van der Waals surface area contributed by atoms with Crippen LogP contribution in [0.2, 0.25) is 0 Å². The van der Waals surface area contributed by atoms with Gasteiger partial charge in [0, 0.05) is 13.0 Å². The van der Waals surface area contributed by atoms with Gasteiger partial charge in [0.2, 0.25) is 5.91 Å². The maximum atomic E-state index is 10.8. The fourth-order valence-corrected chi connectivity index (χ4v) is 5.33. The first-order valence-electron chi connectivity index (χ1n) is 11.4. The van der Waals surface area contributed by atoms with Crippen LogP contribution < -0.4 is 5.73 Å². The monoisotopic (exact) mass is 377 g/mol. The average Bonchev–Trinajstić information content (AvgIpc) is 3.27. The number of carbonyl (C=O) groups is 1. The molecule has 0 spiro atoms. The molecule has 1 amide bonds. The van der Waals surface area contributed by atoms with Crippen molar-refractivity contribution in [2.45, 2.75) is 108 Å². The van der Waals surface area contributed by atoms with Crippen molar-refractivity contribution in [2.75, 3.05) is 6.61 Å². The van der Waals surface area contributed by atoms with E-state index in [0.717, 1.165) is 31.8 Å². The highest BCUT2D eigenvalue weighted by Gasteiger charge is 2.47. The van der Waals surface area contributed by atoms with Crippen LogP contribution in [0.1, 0.15) is 89.9 Å². The lowest BCUT2D eigenvalue weighted by Gasteiger charge is -2.27. The Morgan fingerprint density at radius 1 is 0.963 bits per heavy atom. The third kappa shape index (κ3) is 6.60. The summed E-state index contributed by atoms with van der Waals surface area (Å²) in [6, 6.07) is 0. The van der Waals surface area contributed by atoms with Gasteiger partial charge in [-0.05, 0) is 69.6 Å². The first-order chi connectivity index (χ1) is 13.2. The lowest BCUT2D eigenvalue weighted by Crippen LogP contribution is -2.27. The molecule has 1 aliphatic carbocycles. The number of unbranched alkanes of at least 4 members (excludes halogenated alkanes) is 2. The summed E-state index contributed by atoms with van der Waals surface area (Å²) in [5.41, 5.74) is 5.19. The molecule has 27 heavy (non-hydrogen) atoms.